The molecule has 14 atom stereocenters. The van der Waals surface area contributed by atoms with Gasteiger partial charge in [0.2, 0.25) is 0 Å². The van der Waals surface area contributed by atoms with Crippen molar-refractivity contribution in [3.8, 4) is 5.75 Å². The van der Waals surface area contributed by atoms with Gasteiger partial charge in [0.15, 0.2) is 18.7 Å². The Balaban J connectivity index is 1.34. The summed E-state index contributed by atoms with van der Waals surface area (Å²) in [6.07, 6.45) is -14.3. The number of carboxylic acids is 1. The molecule has 1 amide bonds. The first kappa shape index (κ1) is 40.7. The average Bonchev–Trinajstić information content (AvgIpc) is 3.15. The van der Waals surface area contributed by atoms with E-state index in [1.54, 1.807) is 24.3 Å². The molecule has 294 valence electrons. The fourth-order valence-corrected chi connectivity index (χ4v) is 7.28. The van der Waals surface area contributed by atoms with Crippen LogP contribution in [-0.4, -0.2) is 160 Å². The van der Waals surface area contributed by atoms with Crippen molar-refractivity contribution in [2.45, 2.75) is 138 Å². The number of amides is 1. The zero-order chi connectivity index (χ0) is 37.5. The van der Waals surface area contributed by atoms with E-state index in [1.807, 2.05) is 0 Å². The third-order valence-electron chi connectivity index (χ3n) is 10.4. The van der Waals surface area contributed by atoms with E-state index < -0.39 is 104 Å². The highest BCUT2D eigenvalue weighted by Crippen LogP contribution is 2.34. The summed E-state index contributed by atoms with van der Waals surface area (Å²) in [6, 6.07) is 6.41. The van der Waals surface area contributed by atoms with Crippen LogP contribution in [0.5, 0.6) is 5.75 Å². The molecule has 1 unspecified atom stereocenters. The van der Waals surface area contributed by atoms with Gasteiger partial charge in [0.25, 0.3) is 5.91 Å². The fourth-order valence-electron chi connectivity index (χ4n) is 7.28. The number of aliphatic hydroxyl groups excluding tert-OH is 6. The van der Waals surface area contributed by atoms with Gasteiger partial charge in [0.05, 0.1) is 25.9 Å². The van der Waals surface area contributed by atoms with E-state index in [0.717, 1.165) is 32.1 Å². The predicted octanol–water partition coefficient (Wildman–Crippen LogP) is -0.940. The summed E-state index contributed by atoms with van der Waals surface area (Å²) in [5.74, 6) is -1.03. The summed E-state index contributed by atoms with van der Waals surface area (Å²) in [4.78, 5) is 25.3. The number of ether oxygens (including phenoxy) is 7. The smallest absolute Gasteiger partial charge is 0.332 e. The molecule has 1 aromatic rings. The highest BCUT2D eigenvalue weighted by Gasteiger charge is 2.51. The number of benzene rings is 1. The first-order valence-corrected chi connectivity index (χ1v) is 18.0. The number of methoxy groups -OCH3 is 1. The second kappa shape index (κ2) is 18.7. The Kier molecular flexibility index (Phi) is 14.6. The van der Waals surface area contributed by atoms with Crippen molar-refractivity contribution < 1.29 is 78.5 Å². The van der Waals surface area contributed by atoms with Crippen molar-refractivity contribution in [1.82, 2.24) is 5.32 Å². The molecule has 4 aliphatic rings. The Morgan fingerprint density at radius 2 is 1.54 bits per heavy atom. The van der Waals surface area contributed by atoms with Gasteiger partial charge < -0.3 is 74.2 Å². The summed E-state index contributed by atoms with van der Waals surface area (Å²) < 4.78 is 40.9. The van der Waals surface area contributed by atoms with E-state index in [-0.39, 0.29) is 31.9 Å². The van der Waals surface area contributed by atoms with Gasteiger partial charge in [-0.2, -0.15) is 0 Å². The standard InChI is InChI=1S/C35H53NO16/c1-17-25(38)27(40)28(41)34(48-17)52-30-21(12-13-47-23(30)15-36-32(43)19-8-10-20(46-2)11-9-19)50-35-29(42)31(26(39)24(16-37)51-35)49-22(33(44)45)14-18-6-4-3-5-7-18/h8-11,17-18,21-31,34-35,37-42H,3-7,12-16H2,1-2H3,(H,36,43)(H,44,45)/t17-,21+,22+,23?,24+,25+,26-,27-,28+,29-,30-,31+,34-,35+/m1/s1. The largest absolute Gasteiger partial charge is 0.497 e. The molecule has 0 aromatic heterocycles. The van der Waals surface area contributed by atoms with E-state index in [1.165, 1.54) is 14.0 Å². The van der Waals surface area contributed by atoms with Crippen LogP contribution in [-0.2, 0) is 33.2 Å². The van der Waals surface area contributed by atoms with Crippen molar-refractivity contribution in [2.75, 3.05) is 26.9 Å². The molecule has 3 aliphatic heterocycles. The summed E-state index contributed by atoms with van der Waals surface area (Å²) in [6.45, 7) is 0.732. The molecule has 0 spiro atoms. The van der Waals surface area contributed by atoms with Crippen LogP contribution in [0.15, 0.2) is 24.3 Å². The third kappa shape index (κ3) is 9.77. The van der Waals surface area contributed by atoms with Crippen molar-refractivity contribution in [1.29, 1.82) is 0 Å². The Morgan fingerprint density at radius 3 is 2.19 bits per heavy atom. The minimum Gasteiger partial charge on any atom is -0.497 e. The van der Waals surface area contributed by atoms with Crippen LogP contribution in [0.3, 0.4) is 0 Å². The number of nitrogens with one attached hydrogen (secondary N) is 1. The SMILES string of the molecule is COc1ccc(C(=O)NCC2OCC[C@H](O[C@H]3O[C@@H](CO)[C@@H](O)[C@H](O[C@@H](CC4CCCCC4)C(=O)O)[C@H]3O)[C@H]2O[C@H]2O[C@H](C)[C@H](O)[C@@H](O)[C@@H]2O)cc1. The molecule has 3 heterocycles. The Labute approximate surface area is 301 Å². The lowest BCUT2D eigenvalue weighted by Gasteiger charge is -2.47. The number of carboxylic acid groups (broad SMARTS) is 1. The molecule has 17 heteroatoms. The first-order chi connectivity index (χ1) is 24.9. The molecule has 17 nitrogen and oxygen atoms in total. The Bertz CT molecular complexity index is 1280. The minimum atomic E-state index is -1.73. The van der Waals surface area contributed by atoms with E-state index in [2.05, 4.69) is 5.32 Å². The number of hydrogen-bond donors (Lipinski definition) is 8. The van der Waals surface area contributed by atoms with Gasteiger partial charge in [-0.25, -0.2) is 4.79 Å². The van der Waals surface area contributed by atoms with Crippen LogP contribution >= 0.6 is 0 Å². The van der Waals surface area contributed by atoms with Gasteiger partial charge in [0.1, 0.15) is 60.7 Å². The van der Waals surface area contributed by atoms with Gasteiger partial charge in [0, 0.05) is 18.7 Å². The van der Waals surface area contributed by atoms with Crippen LogP contribution in [0.1, 0.15) is 62.2 Å². The lowest BCUT2D eigenvalue weighted by Crippen LogP contribution is -2.64. The van der Waals surface area contributed by atoms with Crippen LogP contribution in [0.4, 0.5) is 0 Å². The van der Waals surface area contributed by atoms with Gasteiger partial charge >= 0.3 is 5.97 Å². The third-order valence-corrected chi connectivity index (χ3v) is 10.4. The maximum Gasteiger partial charge on any atom is 0.332 e. The maximum atomic E-state index is 13.0. The van der Waals surface area contributed by atoms with E-state index in [9.17, 15) is 45.3 Å². The fraction of sp³-hybridized carbons (Fsp3) is 0.771. The number of rotatable bonds is 14. The minimum absolute atomic E-state index is 0.0801. The van der Waals surface area contributed by atoms with Crippen LogP contribution < -0.4 is 10.1 Å². The quantitative estimate of drug-likeness (QED) is 0.114. The molecule has 52 heavy (non-hydrogen) atoms. The monoisotopic (exact) mass is 743 g/mol. The topological polar surface area (TPSA) is 252 Å². The molecule has 0 bridgehead atoms. The van der Waals surface area contributed by atoms with E-state index >= 15 is 0 Å². The molecular weight excluding hydrogens is 690 g/mol. The zero-order valence-corrected chi connectivity index (χ0v) is 29.3. The van der Waals surface area contributed by atoms with Crippen molar-refractivity contribution in [2.24, 2.45) is 5.92 Å². The van der Waals surface area contributed by atoms with Gasteiger partial charge in [-0.1, -0.05) is 32.1 Å². The van der Waals surface area contributed by atoms with Crippen molar-refractivity contribution in [3.05, 3.63) is 29.8 Å². The summed E-state index contributed by atoms with van der Waals surface area (Å²) in [5, 5.41) is 76.8. The molecule has 1 saturated carbocycles. The molecular formula is C35H53NO16. The van der Waals surface area contributed by atoms with E-state index in [4.69, 9.17) is 33.2 Å². The molecule has 5 rings (SSSR count). The van der Waals surface area contributed by atoms with E-state index in [0.29, 0.717) is 11.3 Å². The number of hydrogen-bond acceptors (Lipinski definition) is 15. The highest BCUT2D eigenvalue weighted by molar-refractivity contribution is 5.94. The van der Waals surface area contributed by atoms with Gasteiger partial charge in [-0.3, -0.25) is 4.79 Å². The number of aliphatic carboxylic acids is 1. The summed E-state index contributed by atoms with van der Waals surface area (Å²) in [5.41, 5.74) is 0.334. The lowest BCUT2D eigenvalue weighted by atomic mass is 9.85. The van der Waals surface area contributed by atoms with Gasteiger partial charge in [-0.15, -0.1) is 0 Å². The number of carbonyl (C=O) groups excluding carboxylic acids is 1. The number of aliphatic hydroxyl groups is 6. The van der Waals surface area contributed by atoms with Crippen molar-refractivity contribution in [3.63, 3.8) is 0 Å². The van der Waals surface area contributed by atoms with Crippen LogP contribution in [0.2, 0.25) is 0 Å². The molecule has 0 radical (unpaired) electrons. The normalized spacial score (nSPS) is 38.0. The van der Waals surface area contributed by atoms with Crippen LogP contribution in [0.25, 0.3) is 0 Å². The second-order valence-electron chi connectivity index (χ2n) is 14.0. The number of carbonyl (C=O) groups is 2. The van der Waals surface area contributed by atoms with Crippen molar-refractivity contribution >= 4 is 11.9 Å². The molecule has 4 fully saturated rings. The first-order valence-electron chi connectivity index (χ1n) is 18.0. The summed E-state index contributed by atoms with van der Waals surface area (Å²) in [7, 11) is 1.50. The lowest BCUT2D eigenvalue weighted by molar-refractivity contribution is -0.355. The Hall–Kier alpha value is -2.52. The highest BCUT2D eigenvalue weighted by atomic mass is 16.7. The molecule has 1 aromatic carbocycles. The van der Waals surface area contributed by atoms with Gasteiger partial charge in [-0.05, 0) is 49.9 Å². The maximum absolute atomic E-state index is 13.0. The second-order valence-corrected chi connectivity index (χ2v) is 14.0. The molecule has 3 saturated heterocycles. The Morgan fingerprint density at radius 1 is 0.846 bits per heavy atom. The summed E-state index contributed by atoms with van der Waals surface area (Å²) >= 11 is 0. The molecule has 1 aliphatic carbocycles. The average molecular weight is 744 g/mol. The zero-order valence-electron chi connectivity index (χ0n) is 29.3. The molecule has 8 N–H and O–H groups in total. The van der Waals surface area contributed by atoms with Crippen LogP contribution in [0, 0.1) is 5.92 Å². The predicted molar refractivity (Wildman–Crippen MR) is 177 cm³/mol.